The van der Waals surface area contributed by atoms with Gasteiger partial charge in [-0.1, -0.05) is 25.1 Å². The monoisotopic (exact) mass is 314 g/mol. The molecule has 0 saturated heterocycles. The first-order valence-corrected chi connectivity index (χ1v) is 9.05. The zero-order chi connectivity index (χ0) is 15.2. The molecule has 4 saturated carbocycles. The van der Waals surface area contributed by atoms with E-state index in [1.54, 1.807) is 0 Å². The zero-order valence-electron chi connectivity index (χ0n) is 13.4. The fourth-order valence-corrected chi connectivity index (χ4v) is 6.29. The van der Waals surface area contributed by atoms with E-state index in [-0.39, 0.29) is 0 Å². The van der Waals surface area contributed by atoms with Crippen molar-refractivity contribution in [3.8, 4) is 0 Å². The second kappa shape index (κ2) is 5.23. The highest BCUT2D eigenvalue weighted by atomic mass is 32.1. The lowest BCUT2D eigenvalue weighted by Crippen LogP contribution is -2.55. The maximum Gasteiger partial charge on any atom is 0.170 e. The molecule has 3 heteroatoms. The summed E-state index contributed by atoms with van der Waals surface area (Å²) in [5, 5.41) is 7.60. The summed E-state index contributed by atoms with van der Waals surface area (Å²) in [6.07, 6.45) is 8.66. The summed E-state index contributed by atoms with van der Waals surface area (Å²) in [6, 6.07) is 10.2. The molecule has 2 N–H and O–H groups in total. The van der Waals surface area contributed by atoms with Gasteiger partial charge in [0.1, 0.15) is 0 Å². The Morgan fingerprint density at radius 1 is 1.14 bits per heavy atom. The summed E-state index contributed by atoms with van der Waals surface area (Å²) in [6.45, 7) is 3.58. The maximum absolute atomic E-state index is 5.50. The lowest BCUT2D eigenvalue weighted by atomic mass is 9.44. The normalized spacial score (nSPS) is 38.8. The van der Waals surface area contributed by atoms with Crippen LogP contribution >= 0.6 is 12.2 Å². The molecule has 0 aliphatic heterocycles. The van der Waals surface area contributed by atoms with Gasteiger partial charge in [-0.05, 0) is 85.5 Å². The number of thiocarbonyl (C=S) groups is 1. The molecular formula is C19H26N2S. The van der Waals surface area contributed by atoms with Crippen molar-refractivity contribution >= 4 is 23.0 Å². The SMILES string of the molecule is CC12C[C@H]3C[C@@H](C1)CC(CNC(=S)Nc1ccccc1)(C3)C2. The Morgan fingerprint density at radius 2 is 1.82 bits per heavy atom. The fraction of sp³-hybridized carbons (Fsp3) is 0.632. The standard InChI is InChI=1S/C19H26N2S/c1-18-8-14-7-15(9-18)11-19(10-14,12-18)13-20-17(22)21-16-5-3-2-4-6-16/h2-6,14-15H,7-13H2,1H3,(H2,20,21,22)/t14-,15+,18?,19?. The first-order chi connectivity index (χ1) is 10.5. The number of rotatable bonds is 3. The predicted molar refractivity (Wildman–Crippen MR) is 95.9 cm³/mol. The molecule has 2 unspecified atom stereocenters. The first kappa shape index (κ1) is 14.5. The lowest BCUT2D eigenvalue weighted by molar-refractivity contribution is -0.0981. The Morgan fingerprint density at radius 3 is 2.45 bits per heavy atom. The summed E-state index contributed by atoms with van der Waals surface area (Å²) < 4.78 is 0. The van der Waals surface area contributed by atoms with Crippen molar-refractivity contribution in [2.45, 2.75) is 45.4 Å². The van der Waals surface area contributed by atoms with Crippen LogP contribution in [0.3, 0.4) is 0 Å². The molecule has 1 aromatic rings. The van der Waals surface area contributed by atoms with Crippen LogP contribution in [0.1, 0.15) is 45.4 Å². The minimum absolute atomic E-state index is 0.501. The number of para-hydroxylation sites is 1. The van der Waals surface area contributed by atoms with Gasteiger partial charge in [-0.25, -0.2) is 0 Å². The van der Waals surface area contributed by atoms with Crippen LogP contribution in [0.25, 0.3) is 0 Å². The molecule has 1 aromatic carbocycles. The van der Waals surface area contributed by atoms with E-state index in [1.807, 2.05) is 18.2 Å². The largest absolute Gasteiger partial charge is 0.362 e. The number of benzene rings is 1. The van der Waals surface area contributed by atoms with Crippen LogP contribution in [0.15, 0.2) is 30.3 Å². The van der Waals surface area contributed by atoms with Crippen LogP contribution in [-0.2, 0) is 0 Å². The summed E-state index contributed by atoms with van der Waals surface area (Å²) >= 11 is 5.50. The molecule has 0 radical (unpaired) electrons. The van der Waals surface area contributed by atoms with Crippen LogP contribution in [0.2, 0.25) is 0 Å². The van der Waals surface area contributed by atoms with E-state index >= 15 is 0 Å². The van der Waals surface area contributed by atoms with Crippen molar-refractivity contribution in [2.75, 3.05) is 11.9 Å². The highest BCUT2D eigenvalue weighted by molar-refractivity contribution is 7.80. The van der Waals surface area contributed by atoms with Gasteiger partial charge < -0.3 is 10.6 Å². The van der Waals surface area contributed by atoms with Gasteiger partial charge in [0.15, 0.2) is 5.11 Å². The fourth-order valence-electron chi connectivity index (χ4n) is 6.10. The molecule has 118 valence electrons. The minimum Gasteiger partial charge on any atom is -0.362 e. The molecule has 0 spiro atoms. The molecule has 4 atom stereocenters. The van der Waals surface area contributed by atoms with E-state index in [0.717, 1.165) is 29.2 Å². The van der Waals surface area contributed by atoms with Crippen LogP contribution in [0.5, 0.6) is 0 Å². The van der Waals surface area contributed by atoms with Crippen molar-refractivity contribution in [3.05, 3.63) is 30.3 Å². The van der Waals surface area contributed by atoms with Gasteiger partial charge in [0.2, 0.25) is 0 Å². The third-order valence-electron chi connectivity index (χ3n) is 6.13. The molecule has 0 aromatic heterocycles. The summed E-state index contributed by atoms with van der Waals surface area (Å²) in [5.74, 6) is 1.95. The first-order valence-electron chi connectivity index (χ1n) is 8.64. The summed E-state index contributed by atoms with van der Waals surface area (Å²) in [7, 11) is 0. The van der Waals surface area contributed by atoms with Crippen molar-refractivity contribution in [1.82, 2.24) is 5.32 Å². The molecule has 22 heavy (non-hydrogen) atoms. The average molecular weight is 314 g/mol. The Kier molecular flexibility index (Phi) is 3.44. The average Bonchev–Trinajstić information content (AvgIpc) is 2.44. The van der Waals surface area contributed by atoms with Crippen LogP contribution in [0, 0.1) is 22.7 Å². The van der Waals surface area contributed by atoms with E-state index in [4.69, 9.17) is 12.2 Å². The molecule has 4 aliphatic rings. The van der Waals surface area contributed by atoms with Gasteiger partial charge in [-0.15, -0.1) is 0 Å². The Labute approximate surface area is 139 Å². The second-order valence-corrected chi connectivity index (χ2v) is 8.85. The molecule has 0 amide bonds. The summed E-state index contributed by atoms with van der Waals surface area (Å²) in [4.78, 5) is 0. The number of nitrogens with one attached hydrogen (secondary N) is 2. The number of hydrogen-bond acceptors (Lipinski definition) is 1. The molecule has 4 fully saturated rings. The third kappa shape index (κ3) is 2.76. The van der Waals surface area contributed by atoms with E-state index in [9.17, 15) is 0 Å². The highest BCUT2D eigenvalue weighted by Gasteiger charge is 2.55. The number of hydrogen-bond donors (Lipinski definition) is 2. The molecule has 5 rings (SSSR count). The predicted octanol–water partition coefficient (Wildman–Crippen LogP) is 4.58. The van der Waals surface area contributed by atoms with Gasteiger partial charge in [-0.2, -0.15) is 0 Å². The minimum atomic E-state index is 0.501. The van der Waals surface area contributed by atoms with Crippen molar-refractivity contribution in [1.29, 1.82) is 0 Å². The summed E-state index contributed by atoms with van der Waals surface area (Å²) in [5.41, 5.74) is 2.18. The van der Waals surface area contributed by atoms with Crippen molar-refractivity contribution < 1.29 is 0 Å². The van der Waals surface area contributed by atoms with Crippen molar-refractivity contribution in [3.63, 3.8) is 0 Å². The van der Waals surface area contributed by atoms with Gasteiger partial charge in [0.05, 0.1) is 0 Å². The van der Waals surface area contributed by atoms with Gasteiger partial charge in [-0.3, -0.25) is 0 Å². The maximum atomic E-state index is 5.50. The zero-order valence-corrected chi connectivity index (χ0v) is 14.2. The lowest BCUT2D eigenvalue weighted by Gasteiger charge is -2.61. The van der Waals surface area contributed by atoms with Gasteiger partial charge >= 0.3 is 0 Å². The molecule has 4 bridgehead atoms. The van der Waals surface area contributed by atoms with Crippen molar-refractivity contribution in [2.24, 2.45) is 22.7 Å². The molecule has 4 aliphatic carbocycles. The Hall–Kier alpha value is -1.09. The van der Waals surface area contributed by atoms with Gasteiger partial charge in [0, 0.05) is 12.2 Å². The molecule has 0 heterocycles. The van der Waals surface area contributed by atoms with Crippen LogP contribution in [0.4, 0.5) is 5.69 Å². The third-order valence-corrected chi connectivity index (χ3v) is 6.38. The van der Waals surface area contributed by atoms with E-state index < -0.39 is 0 Å². The van der Waals surface area contributed by atoms with E-state index in [0.29, 0.717) is 10.8 Å². The smallest absolute Gasteiger partial charge is 0.170 e. The highest BCUT2D eigenvalue weighted by Crippen LogP contribution is 2.64. The van der Waals surface area contributed by atoms with Gasteiger partial charge in [0.25, 0.3) is 0 Å². The molecular weight excluding hydrogens is 288 g/mol. The quantitative estimate of drug-likeness (QED) is 0.799. The topological polar surface area (TPSA) is 24.1 Å². The van der Waals surface area contributed by atoms with E-state index in [2.05, 4.69) is 29.7 Å². The van der Waals surface area contributed by atoms with E-state index in [1.165, 1.54) is 38.5 Å². The second-order valence-electron chi connectivity index (χ2n) is 8.45. The Balaban J connectivity index is 1.38. The Bertz CT molecular complexity index is 554. The molecule has 2 nitrogen and oxygen atoms in total. The van der Waals surface area contributed by atoms with Crippen LogP contribution < -0.4 is 10.6 Å². The number of anilines is 1. The van der Waals surface area contributed by atoms with Crippen LogP contribution in [-0.4, -0.2) is 11.7 Å².